The van der Waals surface area contributed by atoms with Crippen LogP contribution >= 0.6 is 0 Å². The molecule has 0 aromatic heterocycles. The number of likely N-dealkylation sites (N-methyl/N-ethyl adjacent to an activating group) is 1. The van der Waals surface area contributed by atoms with Crippen LogP contribution in [0.15, 0.2) is 42.5 Å². The molecule has 6 nitrogen and oxygen atoms in total. The van der Waals surface area contributed by atoms with Gasteiger partial charge < -0.3 is 15.1 Å². The Morgan fingerprint density at radius 2 is 1.79 bits per heavy atom. The number of hydrogen-bond acceptors (Lipinski definition) is 3. The molecule has 2 amide bonds. The average molecular weight is 461 g/mol. The van der Waals surface area contributed by atoms with Gasteiger partial charge in [-0.15, -0.1) is 0 Å². The topological polar surface area (TPSA) is 57.0 Å². The van der Waals surface area contributed by atoms with Gasteiger partial charge in [-0.2, -0.15) is 0 Å². The maximum absolute atomic E-state index is 13.3. The highest BCUT2D eigenvalue weighted by Crippen LogP contribution is 2.27. The van der Waals surface area contributed by atoms with E-state index in [0.717, 1.165) is 36.9 Å². The van der Waals surface area contributed by atoms with Crippen LogP contribution < -0.4 is 10.2 Å². The van der Waals surface area contributed by atoms with Gasteiger partial charge in [-0.3, -0.25) is 9.59 Å². The van der Waals surface area contributed by atoms with Gasteiger partial charge in [0.25, 0.3) is 0 Å². The van der Waals surface area contributed by atoms with Gasteiger partial charge in [-0.1, -0.05) is 50.2 Å². The highest BCUT2D eigenvalue weighted by molar-refractivity contribution is 5.87. The second-order valence-electron chi connectivity index (χ2n) is 9.66. The fourth-order valence-electron chi connectivity index (χ4n) is 4.55. The Kier molecular flexibility index (Phi) is 8.70. The largest absolute Gasteiger partial charge is 0.355 e. The molecular formula is C28H36N4O2. The van der Waals surface area contributed by atoms with Crippen molar-refractivity contribution in [2.24, 2.45) is 5.92 Å². The van der Waals surface area contributed by atoms with Crippen molar-refractivity contribution in [1.29, 1.82) is 0 Å². The fourth-order valence-corrected chi connectivity index (χ4v) is 4.55. The molecule has 3 rings (SSSR count). The average Bonchev–Trinajstić information content (AvgIpc) is 3.25. The number of anilines is 1. The van der Waals surface area contributed by atoms with Crippen LogP contribution in [0.5, 0.6) is 0 Å². The molecule has 0 bridgehead atoms. The van der Waals surface area contributed by atoms with E-state index < -0.39 is 0 Å². The fraction of sp³-hybridized carbons (Fsp3) is 0.464. The van der Waals surface area contributed by atoms with Crippen molar-refractivity contribution in [2.45, 2.75) is 52.5 Å². The van der Waals surface area contributed by atoms with E-state index in [0.29, 0.717) is 18.2 Å². The molecule has 0 fully saturated rings. The minimum Gasteiger partial charge on any atom is -0.355 e. The first-order chi connectivity index (χ1) is 16.3. The number of aryl methyl sites for hydroxylation is 1. The molecule has 0 saturated carbocycles. The summed E-state index contributed by atoms with van der Waals surface area (Å²) in [5, 5.41) is 3.00. The molecule has 6 heteroatoms. The number of benzene rings is 2. The third-order valence-corrected chi connectivity index (χ3v) is 6.56. The van der Waals surface area contributed by atoms with Crippen molar-refractivity contribution in [3.8, 4) is 0 Å². The Morgan fingerprint density at radius 3 is 2.38 bits per heavy atom. The van der Waals surface area contributed by atoms with Crippen LogP contribution in [0.1, 0.15) is 43.4 Å². The first-order valence-corrected chi connectivity index (χ1v) is 12.1. The molecule has 2 aromatic carbocycles. The predicted octanol–water partition coefficient (Wildman–Crippen LogP) is 4.53. The standard InChI is InChI=1S/C28H36N4O2/c1-20(2)9-8-14-30-27(33)18-32(26-13-12-24(29-4)15-21(26)3)19-28(34)31(5)25-16-22-10-6-7-11-23(22)17-25/h6-7,10-13,15,20,25H,8-9,14,16-19H2,1-3,5H3,(H,30,33). The summed E-state index contributed by atoms with van der Waals surface area (Å²) in [6, 6.07) is 13.9. The van der Waals surface area contributed by atoms with Crippen LogP contribution in [0.25, 0.3) is 4.85 Å². The maximum Gasteiger partial charge on any atom is 0.242 e. The molecule has 1 aliphatic carbocycles. The minimum atomic E-state index is -0.0962. The lowest BCUT2D eigenvalue weighted by Crippen LogP contribution is -2.46. The van der Waals surface area contributed by atoms with Gasteiger partial charge in [0, 0.05) is 25.3 Å². The van der Waals surface area contributed by atoms with Gasteiger partial charge in [0.15, 0.2) is 5.69 Å². The molecule has 1 N–H and O–H groups in total. The van der Waals surface area contributed by atoms with Gasteiger partial charge in [0.05, 0.1) is 19.7 Å². The van der Waals surface area contributed by atoms with Crippen LogP contribution in [0.4, 0.5) is 11.4 Å². The zero-order chi connectivity index (χ0) is 24.7. The van der Waals surface area contributed by atoms with Gasteiger partial charge in [0.1, 0.15) is 0 Å². The molecule has 34 heavy (non-hydrogen) atoms. The van der Waals surface area contributed by atoms with Crippen LogP contribution in [0.2, 0.25) is 0 Å². The lowest BCUT2D eigenvalue weighted by molar-refractivity contribution is -0.130. The molecule has 0 spiro atoms. The Morgan fingerprint density at radius 1 is 1.12 bits per heavy atom. The lowest BCUT2D eigenvalue weighted by Gasteiger charge is -2.30. The molecule has 1 aliphatic rings. The van der Waals surface area contributed by atoms with Crippen molar-refractivity contribution in [2.75, 3.05) is 31.6 Å². The second-order valence-corrected chi connectivity index (χ2v) is 9.66. The minimum absolute atomic E-state index is 0.0148. The van der Waals surface area contributed by atoms with Crippen molar-refractivity contribution in [3.05, 3.63) is 70.6 Å². The van der Waals surface area contributed by atoms with Crippen molar-refractivity contribution in [3.63, 3.8) is 0 Å². The van der Waals surface area contributed by atoms with Crippen LogP contribution in [0.3, 0.4) is 0 Å². The summed E-state index contributed by atoms with van der Waals surface area (Å²) < 4.78 is 0. The van der Waals surface area contributed by atoms with E-state index in [1.807, 2.05) is 42.0 Å². The van der Waals surface area contributed by atoms with Gasteiger partial charge in [-0.25, -0.2) is 4.85 Å². The number of nitrogens with one attached hydrogen (secondary N) is 1. The Labute approximate surface area is 203 Å². The Balaban J connectivity index is 1.69. The van der Waals surface area contributed by atoms with Gasteiger partial charge in [-0.05, 0) is 61.3 Å². The van der Waals surface area contributed by atoms with E-state index in [1.54, 1.807) is 12.1 Å². The molecule has 2 aromatic rings. The zero-order valence-electron chi connectivity index (χ0n) is 20.8. The second kappa shape index (κ2) is 11.7. The Hall–Kier alpha value is -3.33. The number of carbonyl (C=O) groups excluding carboxylic acids is 2. The molecule has 180 valence electrons. The first-order valence-electron chi connectivity index (χ1n) is 12.1. The molecule has 0 unspecified atom stereocenters. The third-order valence-electron chi connectivity index (χ3n) is 6.56. The zero-order valence-corrected chi connectivity index (χ0v) is 20.8. The third kappa shape index (κ3) is 6.60. The molecular weight excluding hydrogens is 424 g/mol. The first kappa shape index (κ1) is 25.3. The summed E-state index contributed by atoms with van der Waals surface area (Å²) in [6.45, 7) is 14.4. The predicted molar refractivity (Wildman–Crippen MR) is 137 cm³/mol. The summed E-state index contributed by atoms with van der Waals surface area (Å²) >= 11 is 0. The van der Waals surface area contributed by atoms with E-state index >= 15 is 0 Å². The van der Waals surface area contributed by atoms with E-state index in [1.165, 1.54) is 11.1 Å². The number of hydrogen-bond donors (Lipinski definition) is 1. The van der Waals surface area contributed by atoms with Crippen molar-refractivity contribution < 1.29 is 9.59 Å². The summed E-state index contributed by atoms with van der Waals surface area (Å²) in [5.74, 6) is 0.493. The number of carbonyl (C=O) groups is 2. The van der Waals surface area contributed by atoms with E-state index in [2.05, 4.69) is 36.1 Å². The molecule has 0 radical (unpaired) electrons. The van der Waals surface area contributed by atoms with E-state index in [-0.39, 0.29) is 30.9 Å². The van der Waals surface area contributed by atoms with Crippen molar-refractivity contribution >= 4 is 23.2 Å². The lowest BCUT2D eigenvalue weighted by atomic mass is 10.1. The summed E-state index contributed by atoms with van der Waals surface area (Å²) in [4.78, 5) is 33.2. The highest BCUT2D eigenvalue weighted by atomic mass is 16.2. The quantitative estimate of drug-likeness (QED) is 0.419. The SMILES string of the molecule is [C-]#[N+]c1ccc(N(CC(=O)NCCCC(C)C)CC(=O)N(C)C2Cc3ccccc3C2)c(C)c1. The number of nitrogens with zero attached hydrogens (tertiary/aromatic N) is 3. The van der Waals surface area contributed by atoms with Crippen LogP contribution in [-0.4, -0.2) is 49.4 Å². The monoisotopic (exact) mass is 460 g/mol. The number of amides is 2. The van der Waals surface area contributed by atoms with Crippen molar-refractivity contribution in [1.82, 2.24) is 10.2 Å². The van der Waals surface area contributed by atoms with E-state index in [4.69, 9.17) is 6.57 Å². The maximum atomic E-state index is 13.3. The van der Waals surface area contributed by atoms with E-state index in [9.17, 15) is 9.59 Å². The number of rotatable bonds is 10. The van der Waals surface area contributed by atoms with Crippen LogP contribution in [-0.2, 0) is 22.4 Å². The summed E-state index contributed by atoms with van der Waals surface area (Å²) in [6.07, 6.45) is 3.71. The van der Waals surface area contributed by atoms with Crippen LogP contribution in [0, 0.1) is 19.4 Å². The highest BCUT2D eigenvalue weighted by Gasteiger charge is 2.28. The summed E-state index contributed by atoms with van der Waals surface area (Å²) in [5.41, 5.74) is 4.84. The number of fused-ring (bicyclic) bond motifs is 1. The van der Waals surface area contributed by atoms with Gasteiger partial charge >= 0.3 is 0 Å². The van der Waals surface area contributed by atoms with Gasteiger partial charge in [0.2, 0.25) is 11.8 Å². The Bertz CT molecular complexity index is 1030. The smallest absolute Gasteiger partial charge is 0.242 e. The molecule has 0 heterocycles. The molecule has 0 aliphatic heterocycles. The molecule has 0 atom stereocenters. The summed E-state index contributed by atoms with van der Waals surface area (Å²) in [7, 11) is 1.86. The normalized spacial score (nSPS) is 12.8. The molecule has 0 saturated heterocycles.